The number of benzene rings is 1. The van der Waals surface area contributed by atoms with Crippen LogP contribution in [0.15, 0.2) is 24.3 Å². The molecule has 1 heterocycles. The minimum absolute atomic E-state index is 0.150. The zero-order chi connectivity index (χ0) is 13.8. The maximum absolute atomic E-state index is 10.6. The Balaban J connectivity index is 1.86. The van der Waals surface area contributed by atoms with Gasteiger partial charge in [-0.15, -0.1) is 0 Å². The summed E-state index contributed by atoms with van der Waals surface area (Å²) >= 11 is 0. The number of nitrogens with two attached hydrogens (primary N) is 1. The lowest BCUT2D eigenvalue weighted by Crippen LogP contribution is -2.46. The largest absolute Gasteiger partial charge is 0.327 e. The summed E-state index contributed by atoms with van der Waals surface area (Å²) < 4.78 is 0. The highest BCUT2D eigenvalue weighted by Gasteiger charge is 2.21. The number of piperidine rings is 1. The van der Waals surface area contributed by atoms with Crippen molar-refractivity contribution in [3.8, 4) is 0 Å². The highest BCUT2D eigenvalue weighted by atomic mass is 16.6. The minimum atomic E-state index is -0.366. The summed E-state index contributed by atoms with van der Waals surface area (Å²) in [6.07, 6.45) is 2.02. The van der Waals surface area contributed by atoms with Gasteiger partial charge < -0.3 is 10.6 Å². The summed E-state index contributed by atoms with van der Waals surface area (Å²) in [6.45, 7) is 5.26. The molecule has 1 aliphatic heterocycles. The molecule has 1 aliphatic rings. The van der Waals surface area contributed by atoms with Crippen LogP contribution in [0.5, 0.6) is 0 Å². The van der Waals surface area contributed by atoms with Crippen LogP contribution in [0.1, 0.15) is 18.9 Å². The molecule has 0 saturated carbocycles. The minimum Gasteiger partial charge on any atom is -0.327 e. The van der Waals surface area contributed by atoms with Gasteiger partial charge in [0.15, 0.2) is 0 Å². The van der Waals surface area contributed by atoms with Crippen LogP contribution in [0.25, 0.3) is 0 Å². The van der Waals surface area contributed by atoms with Gasteiger partial charge in [-0.1, -0.05) is 19.1 Å². The lowest BCUT2D eigenvalue weighted by molar-refractivity contribution is -0.384. The Morgan fingerprint density at radius 1 is 1.37 bits per heavy atom. The summed E-state index contributed by atoms with van der Waals surface area (Å²) in [5, 5.41) is 10.6. The summed E-state index contributed by atoms with van der Waals surface area (Å²) in [7, 11) is 0. The first-order valence-electron chi connectivity index (χ1n) is 6.76. The molecule has 1 saturated heterocycles. The number of likely N-dealkylation sites (tertiary alicyclic amines) is 1. The smallest absolute Gasteiger partial charge is 0.269 e. The third-order valence-corrected chi connectivity index (χ3v) is 3.63. The Kier molecular flexibility index (Phi) is 4.50. The Morgan fingerprint density at radius 2 is 2.05 bits per heavy atom. The maximum Gasteiger partial charge on any atom is 0.269 e. The van der Waals surface area contributed by atoms with E-state index in [1.807, 2.05) is 12.1 Å². The third kappa shape index (κ3) is 4.01. The lowest BCUT2D eigenvalue weighted by atomic mass is 9.96. The highest BCUT2D eigenvalue weighted by Crippen LogP contribution is 2.16. The second-order valence-electron chi connectivity index (χ2n) is 5.53. The Morgan fingerprint density at radius 3 is 2.63 bits per heavy atom. The SMILES string of the molecule is CC1CC(N)CN(CCc2ccc([N+](=O)[O-])cc2)C1. The van der Waals surface area contributed by atoms with E-state index < -0.39 is 0 Å². The van der Waals surface area contributed by atoms with Gasteiger partial charge in [0.1, 0.15) is 0 Å². The van der Waals surface area contributed by atoms with Crippen LogP contribution < -0.4 is 5.73 Å². The van der Waals surface area contributed by atoms with E-state index in [0.29, 0.717) is 5.92 Å². The first-order valence-corrected chi connectivity index (χ1v) is 6.76. The Bertz CT molecular complexity index is 423. The van der Waals surface area contributed by atoms with Crippen molar-refractivity contribution in [3.63, 3.8) is 0 Å². The predicted molar refractivity (Wildman–Crippen MR) is 75.0 cm³/mol. The second-order valence-corrected chi connectivity index (χ2v) is 5.53. The summed E-state index contributed by atoms with van der Waals surface area (Å²) in [5.74, 6) is 0.653. The van der Waals surface area contributed by atoms with Gasteiger partial charge >= 0.3 is 0 Å². The van der Waals surface area contributed by atoms with Gasteiger partial charge in [-0.05, 0) is 24.3 Å². The number of nitro benzene ring substituents is 1. The van der Waals surface area contributed by atoms with Gasteiger partial charge in [-0.3, -0.25) is 10.1 Å². The van der Waals surface area contributed by atoms with Crippen LogP contribution >= 0.6 is 0 Å². The first-order chi connectivity index (χ1) is 9.04. The molecule has 0 amide bonds. The van der Waals surface area contributed by atoms with Crippen molar-refractivity contribution in [2.75, 3.05) is 19.6 Å². The molecule has 0 bridgehead atoms. The summed E-state index contributed by atoms with van der Waals surface area (Å²) in [4.78, 5) is 12.6. The standard InChI is InChI=1S/C14H21N3O2/c1-11-8-13(15)10-16(9-11)7-6-12-2-4-14(5-3-12)17(18)19/h2-5,11,13H,6-10,15H2,1H3. The molecule has 0 aromatic heterocycles. The van der Waals surface area contributed by atoms with Crippen LogP contribution in [0.2, 0.25) is 0 Å². The molecular formula is C14H21N3O2. The average Bonchev–Trinajstić information content (AvgIpc) is 2.36. The van der Waals surface area contributed by atoms with Crippen LogP contribution in [0.3, 0.4) is 0 Å². The summed E-state index contributed by atoms with van der Waals surface area (Å²) in [6, 6.07) is 7.09. The molecule has 2 unspecified atom stereocenters. The second kappa shape index (κ2) is 6.12. The molecule has 1 aromatic rings. The van der Waals surface area contributed by atoms with Crippen LogP contribution in [0.4, 0.5) is 5.69 Å². The molecule has 0 spiro atoms. The van der Waals surface area contributed by atoms with Crippen molar-refractivity contribution in [1.29, 1.82) is 0 Å². The van der Waals surface area contributed by atoms with E-state index in [4.69, 9.17) is 5.73 Å². The van der Waals surface area contributed by atoms with Crippen LogP contribution in [0, 0.1) is 16.0 Å². The number of non-ortho nitro benzene ring substituents is 1. The van der Waals surface area contributed by atoms with Gasteiger partial charge in [-0.25, -0.2) is 0 Å². The normalized spacial score (nSPS) is 24.3. The molecule has 2 N–H and O–H groups in total. The summed E-state index contributed by atoms with van der Waals surface area (Å²) in [5.41, 5.74) is 7.31. The Labute approximate surface area is 113 Å². The van der Waals surface area contributed by atoms with Gasteiger partial charge in [0.25, 0.3) is 5.69 Å². The predicted octanol–water partition coefficient (Wildman–Crippen LogP) is 1.81. The molecule has 2 atom stereocenters. The van der Waals surface area contributed by atoms with E-state index in [1.54, 1.807) is 12.1 Å². The fourth-order valence-electron chi connectivity index (χ4n) is 2.77. The van der Waals surface area contributed by atoms with Crippen molar-refractivity contribution >= 4 is 5.69 Å². The number of hydrogen-bond acceptors (Lipinski definition) is 4. The molecule has 5 heteroatoms. The quantitative estimate of drug-likeness (QED) is 0.664. The molecule has 2 rings (SSSR count). The van der Waals surface area contributed by atoms with E-state index in [2.05, 4.69) is 11.8 Å². The van der Waals surface area contributed by atoms with E-state index in [0.717, 1.165) is 38.0 Å². The first kappa shape index (κ1) is 14.0. The molecule has 1 fully saturated rings. The molecule has 1 aromatic carbocycles. The number of nitro groups is 1. The van der Waals surface area contributed by atoms with Gasteiger partial charge in [-0.2, -0.15) is 0 Å². The number of rotatable bonds is 4. The molecule has 104 valence electrons. The zero-order valence-electron chi connectivity index (χ0n) is 11.3. The average molecular weight is 263 g/mol. The fraction of sp³-hybridized carbons (Fsp3) is 0.571. The van der Waals surface area contributed by atoms with E-state index in [1.165, 1.54) is 0 Å². The molecule has 5 nitrogen and oxygen atoms in total. The lowest BCUT2D eigenvalue weighted by Gasteiger charge is -2.34. The molecule has 0 aliphatic carbocycles. The van der Waals surface area contributed by atoms with Gasteiger partial charge in [0, 0.05) is 37.8 Å². The van der Waals surface area contributed by atoms with Gasteiger partial charge in [0.05, 0.1) is 4.92 Å². The van der Waals surface area contributed by atoms with Crippen LogP contribution in [-0.2, 0) is 6.42 Å². The monoisotopic (exact) mass is 263 g/mol. The van der Waals surface area contributed by atoms with E-state index >= 15 is 0 Å². The number of hydrogen-bond donors (Lipinski definition) is 1. The fourth-order valence-corrected chi connectivity index (χ4v) is 2.77. The zero-order valence-corrected chi connectivity index (χ0v) is 11.3. The molecular weight excluding hydrogens is 242 g/mol. The van der Waals surface area contributed by atoms with Crippen molar-refractivity contribution in [2.24, 2.45) is 11.7 Å². The van der Waals surface area contributed by atoms with E-state index in [-0.39, 0.29) is 16.7 Å². The molecule has 0 radical (unpaired) electrons. The molecule has 19 heavy (non-hydrogen) atoms. The van der Waals surface area contributed by atoms with Crippen LogP contribution in [-0.4, -0.2) is 35.5 Å². The third-order valence-electron chi connectivity index (χ3n) is 3.63. The number of nitrogens with zero attached hydrogens (tertiary/aromatic N) is 2. The maximum atomic E-state index is 10.6. The van der Waals surface area contributed by atoms with Crippen molar-refractivity contribution in [1.82, 2.24) is 4.90 Å². The Hall–Kier alpha value is -1.46. The topological polar surface area (TPSA) is 72.4 Å². The van der Waals surface area contributed by atoms with Gasteiger partial charge in [0.2, 0.25) is 0 Å². The highest BCUT2D eigenvalue weighted by molar-refractivity contribution is 5.32. The van der Waals surface area contributed by atoms with Crippen molar-refractivity contribution in [3.05, 3.63) is 39.9 Å². The van der Waals surface area contributed by atoms with E-state index in [9.17, 15) is 10.1 Å². The van der Waals surface area contributed by atoms with Crippen molar-refractivity contribution < 1.29 is 4.92 Å². The van der Waals surface area contributed by atoms with Crippen molar-refractivity contribution in [2.45, 2.75) is 25.8 Å².